The van der Waals surface area contributed by atoms with Crippen molar-refractivity contribution in [3.63, 3.8) is 0 Å². The Morgan fingerprint density at radius 1 is 1.06 bits per heavy atom. The van der Waals surface area contributed by atoms with E-state index in [9.17, 15) is 9.59 Å². The Morgan fingerprint density at radius 2 is 1.84 bits per heavy atom. The first-order valence-electron chi connectivity index (χ1n) is 10.2. The summed E-state index contributed by atoms with van der Waals surface area (Å²) in [5.74, 6) is 1.48. The quantitative estimate of drug-likeness (QED) is 0.571. The zero-order valence-electron chi connectivity index (χ0n) is 18.0. The third kappa shape index (κ3) is 5.94. The molecule has 162 valence electrons. The van der Waals surface area contributed by atoms with Crippen molar-refractivity contribution in [2.45, 2.75) is 26.8 Å². The summed E-state index contributed by atoms with van der Waals surface area (Å²) in [5, 5.41) is 7.03. The topological polar surface area (TPSA) is 82.5 Å². The molecule has 1 aromatic heterocycles. The van der Waals surface area contributed by atoms with Crippen molar-refractivity contribution in [2.75, 3.05) is 13.7 Å². The van der Waals surface area contributed by atoms with E-state index in [-0.39, 0.29) is 23.7 Å². The van der Waals surface area contributed by atoms with Gasteiger partial charge in [0.1, 0.15) is 5.69 Å². The van der Waals surface area contributed by atoms with Crippen LogP contribution >= 0.6 is 0 Å². The molecule has 0 aliphatic rings. The monoisotopic (exact) mass is 421 g/mol. The van der Waals surface area contributed by atoms with E-state index in [1.54, 1.807) is 31.4 Å². The maximum atomic E-state index is 12.6. The van der Waals surface area contributed by atoms with Gasteiger partial charge in [0.05, 0.1) is 19.4 Å². The molecule has 2 aromatic carbocycles. The van der Waals surface area contributed by atoms with Crippen LogP contribution in [0.5, 0.6) is 11.5 Å². The summed E-state index contributed by atoms with van der Waals surface area (Å²) in [4.78, 5) is 24.7. The van der Waals surface area contributed by atoms with E-state index in [0.717, 1.165) is 12.0 Å². The zero-order chi connectivity index (χ0) is 22.2. The van der Waals surface area contributed by atoms with Crippen molar-refractivity contribution < 1.29 is 14.3 Å². The van der Waals surface area contributed by atoms with Crippen molar-refractivity contribution >= 4 is 5.91 Å². The molecule has 7 heteroatoms. The summed E-state index contributed by atoms with van der Waals surface area (Å²) in [7, 11) is 1.59. The summed E-state index contributed by atoms with van der Waals surface area (Å²) >= 11 is 0. The molecule has 0 unspecified atom stereocenters. The number of ether oxygens (including phenoxy) is 2. The van der Waals surface area contributed by atoms with Crippen LogP contribution in [0.25, 0.3) is 5.69 Å². The first kappa shape index (κ1) is 22.1. The second kappa shape index (κ2) is 10.4. The standard InChI is InChI=1S/C24H27N3O4/c1-17(2)13-14-31-21-11-9-18(15-22(21)30-3)16-25-24(29)20-10-12-23(28)27(26-20)19-7-5-4-6-8-19/h4-12,15,17H,13-14,16H2,1-3H3,(H,25,29). The van der Waals surface area contributed by atoms with Gasteiger partial charge in [-0.15, -0.1) is 0 Å². The molecule has 3 aromatic rings. The van der Waals surface area contributed by atoms with Gasteiger partial charge >= 0.3 is 0 Å². The Kier molecular flexibility index (Phi) is 7.43. The lowest BCUT2D eigenvalue weighted by Crippen LogP contribution is -2.28. The molecule has 0 saturated carbocycles. The van der Waals surface area contributed by atoms with Crippen molar-refractivity contribution in [3.8, 4) is 17.2 Å². The predicted molar refractivity (Wildman–Crippen MR) is 119 cm³/mol. The highest BCUT2D eigenvalue weighted by molar-refractivity contribution is 5.92. The van der Waals surface area contributed by atoms with Crippen LogP contribution in [0, 0.1) is 5.92 Å². The molecular weight excluding hydrogens is 394 g/mol. The number of nitrogens with one attached hydrogen (secondary N) is 1. The number of aromatic nitrogens is 2. The van der Waals surface area contributed by atoms with Crippen molar-refractivity contribution in [3.05, 3.63) is 82.3 Å². The zero-order valence-corrected chi connectivity index (χ0v) is 18.0. The number of benzene rings is 2. The second-order valence-electron chi connectivity index (χ2n) is 7.50. The number of amides is 1. The first-order valence-corrected chi connectivity index (χ1v) is 10.2. The number of carbonyl (C=O) groups is 1. The lowest BCUT2D eigenvalue weighted by Gasteiger charge is -2.13. The second-order valence-corrected chi connectivity index (χ2v) is 7.50. The van der Waals surface area contributed by atoms with Gasteiger partial charge in [0.25, 0.3) is 11.5 Å². The fraction of sp³-hybridized carbons (Fsp3) is 0.292. The van der Waals surface area contributed by atoms with E-state index >= 15 is 0 Å². The van der Waals surface area contributed by atoms with Gasteiger partial charge in [-0.05, 0) is 48.2 Å². The minimum Gasteiger partial charge on any atom is -0.493 e. The average molecular weight is 421 g/mol. The first-order chi connectivity index (χ1) is 15.0. The normalized spacial score (nSPS) is 10.7. The van der Waals surface area contributed by atoms with Crippen LogP contribution in [0.3, 0.4) is 0 Å². The third-order valence-corrected chi connectivity index (χ3v) is 4.67. The molecule has 31 heavy (non-hydrogen) atoms. The Hall–Kier alpha value is -3.61. The SMILES string of the molecule is COc1cc(CNC(=O)c2ccc(=O)n(-c3ccccc3)n2)ccc1OCCC(C)C. The maximum Gasteiger partial charge on any atom is 0.272 e. The molecule has 1 N–H and O–H groups in total. The fourth-order valence-electron chi connectivity index (χ4n) is 2.91. The Bertz CT molecular complexity index is 1080. The van der Waals surface area contributed by atoms with Crippen molar-refractivity contribution in [1.29, 1.82) is 0 Å². The average Bonchev–Trinajstić information content (AvgIpc) is 2.78. The summed E-state index contributed by atoms with van der Waals surface area (Å²) in [6.07, 6.45) is 0.957. The number of methoxy groups -OCH3 is 1. The van der Waals surface area contributed by atoms with Gasteiger partial charge in [-0.1, -0.05) is 38.1 Å². The number of rotatable bonds is 9. The van der Waals surface area contributed by atoms with Crippen LogP contribution in [0.4, 0.5) is 0 Å². The minimum atomic E-state index is -0.374. The van der Waals surface area contributed by atoms with E-state index in [0.29, 0.717) is 29.7 Å². The van der Waals surface area contributed by atoms with Crippen LogP contribution in [0.15, 0.2) is 65.5 Å². The molecular formula is C24H27N3O4. The Morgan fingerprint density at radius 3 is 2.55 bits per heavy atom. The molecule has 3 rings (SSSR count). The van der Waals surface area contributed by atoms with Gasteiger partial charge in [-0.25, -0.2) is 0 Å². The molecule has 1 heterocycles. The van der Waals surface area contributed by atoms with Gasteiger partial charge in [-0.2, -0.15) is 9.78 Å². The highest BCUT2D eigenvalue weighted by atomic mass is 16.5. The molecule has 0 saturated heterocycles. The maximum absolute atomic E-state index is 12.6. The summed E-state index contributed by atoms with van der Waals surface area (Å²) in [6, 6.07) is 17.3. The van der Waals surface area contributed by atoms with Crippen LogP contribution in [0.1, 0.15) is 36.3 Å². The highest BCUT2D eigenvalue weighted by Crippen LogP contribution is 2.28. The van der Waals surface area contributed by atoms with Crippen molar-refractivity contribution in [1.82, 2.24) is 15.1 Å². The number of carbonyl (C=O) groups excluding carboxylic acids is 1. The van der Waals surface area contributed by atoms with E-state index in [4.69, 9.17) is 9.47 Å². The Balaban J connectivity index is 1.67. The van der Waals surface area contributed by atoms with Gasteiger partial charge in [0.2, 0.25) is 0 Å². The number of nitrogens with zero attached hydrogens (tertiary/aromatic N) is 2. The fourth-order valence-corrected chi connectivity index (χ4v) is 2.91. The van der Waals surface area contributed by atoms with Crippen LogP contribution in [0.2, 0.25) is 0 Å². The Labute approximate surface area is 181 Å². The van der Waals surface area contributed by atoms with Crippen LogP contribution < -0.4 is 20.3 Å². The smallest absolute Gasteiger partial charge is 0.272 e. The molecule has 0 radical (unpaired) electrons. The predicted octanol–water partition coefficient (Wildman–Crippen LogP) is 3.60. The largest absolute Gasteiger partial charge is 0.493 e. The third-order valence-electron chi connectivity index (χ3n) is 4.67. The van der Waals surface area contributed by atoms with E-state index < -0.39 is 0 Å². The summed E-state index contributed by atoms with van der Waals surface area (Å²) in [6.45, 7) is 5.20. The van der Waals surface area contributed by atoms with Crippen LogP contribution in [-0.2, 0) is 6.54 Å². The molecule has 0 spiro atoms. The molecule has 0 aliphatic heterocycles. The van der Waals surface area contributed by atoms with Crippen LogP contribution in [-0.4, -0.2) is 29.4 Å². The minimum absolute atomic E-state index is 0.157. The molecule has 7 nitrogen and oxygen atoms in total. The summed E-state index contributed by atoms with van der Waals surface area (Å²) < 4.78 is 12.4. The summed E-state index contributed by atoms with van der Waals surface area (Å²) in [5.41, 5.74) is 1.31. The highest BCUT2D eigenvalue weighted by Gasteiger charge is 2.12. The molecule has 0 aliphatic carbocycles. The number of hydrogen-bond acceptors (Lipinski definition) is 5. The van der Waals surface area contributed by atoms with E-state index in [1.807, 2.05) is 24.3 Å². The molecule has 0 atom stereocenters. The molecule has 0 bridgehead atoms. The van der Waals surface area contributed by atoms with Gasteiger partial charge in [0.15, 0.2) is 11.5 Å². The van der Waals surface area contributed by atoms with Crippen molar-refractivity contribution in [2.24, 2.45) is 5.92 Å². The van der Waals surface area contributed by atoms with E-state index in [1.165, 1.54) is 16.8 Å². The van der Waals surface area contributed by atoms with Gasteiger partial charge in [-0.3, -0.25) is 9.59 Å². The number of para-hydroxylation sites is 1. The lowest BCUT2D eigenvalue weighted by molar-refractivity contribution is 0.0944. The van der Waals surface area contributed by atoms with Gasteiger partial charge in [0, 0.05) is 12.6 Å². The lowest BCUT2D eigenvalue weighted by atomic mass is 10.1. The van der Waals surface area contributed by atoms with E-state index in [2.05, 4.69) is 24.3 Å². The molecule has 0 fully saturated rings. The molecule has 1 amide bonds. The number of hydrogen-bond donors (Lipinski definition) is 1. The van der Waals surface area contributed by atoms with Gasteiger partial charge < -0.3 is 14.8 Å².